The third kappa shape index (κ3) is 7.68. The Kier molecular flexibility index (Phi) is 12.7. The molecule has 0 spiro atoms. The molecule has 8 nitrogen and oxygen atoms in total. The van der Waals surface area contributed by atoms with Crippen LogP contribution >= 0.6 is 0 Å². The van der Waals surface area contributed by atoms with E-state index in [1.165, 1.54) is 0 Å². The summed E-state index contributed by atoms with van der Waals surface area (Å²) in [4.78, 5) is 8.19. The van der Waals surface area contributed by atoms with Crippen LogP contribution in [0.3, 0.4) is 0 Å². The Morgan fingerprint density at radius 1 is 0.800 bits per heavy atom. The first-order chi connectivity index (χ1) is 7.51. The monoisotopic (exact) mass is 348 g/mol. The summed E-state index contributed by atoms with van der Waals surface area (Å²) in [6, 6.07) is 1.11. The van der Waals surface area contributed by atoms with Gasteiger partial charge in [-0.25, -0.2) is 16.8 Å². The second-order valence-corrected chi connectivity index (χ2v) is 5.65. The van der Waals surface area contributed by atoms with Crippen LogP contribution in [0.5, 0.6) is 0 Å². The Hall–Kier alpha value is 1.51. The molecule has 0 amide bonds. The van der Waals surface area contributed by atoms with Crippen LogP contribution in [0.2, 0.25) is 0 Å². The van der Waals surface area contributed by atoms with Gasteiger partial charge in [0.1, 0.15) is 20.2 Å². The number of benzene rings is 1. The molecule has 1 aromatic carbocycles. The number of hydrogen-bond acceptors (Lipinski definition) is 8. The van der Waals surface area contributed by atoms with Gasteiger partial charge in [0.05, 0.1) is 15.8 Å². The Labute approximate surface area is 181 Å². The maximum absolute atomic E-state index is 10.6. The summed E-state index contributed by atoms with van der Waals surface area (Å²) >= 11 is 0. The fraction of sp³-hybridized carbons (Fsp3) is 0. The summed E-state index contributed by atoms with van der Waals surface area (Å²) < 4.78 is 63.7. The molecule has 0 fully saturated rings. The smallest absolute Gasteiger partial charge is 0.744 e. The minimum atomic E-state index is -5.09. The molecule has 0 aliphatic rings. The maximum atomic E-state index is 10.6. The van der Waals surface area contributed by atoms with Crippen molar-refractivity contribution in [1.29, 1.82) is 0 Å². The van der Waals surface area contributed by atoms with E-state index in [9.17, 15) is 35.8 Å². The molecule has 0 aliphatic carbocycles. The van der Waals surface area contributed by atoms with Crippen LogP contribution in [-0.4, -0.2) is 31.9 Å². The van der Waals surface area contributed by atoms with Crippen molar-refractivity contribution in [2.24, 2.45) is 0 Å². The van der Waals surface area contributed by atoms with E-state index in [4.69, 9.17) is 0 Å². The molecule has 1 rings (SSSR count). The fourth-order valence-electron chi connectivity index (χ4n) is 0.978. The molecular weight excluding hydrogens is 345 g/mol. The van der Waals surface area contributed by atoms with E-state index in [-0.39, 0.29) is 94.7 Å². The summed E-state index contributed by atoms with van der Waals surface area (Å²) in [6.07, 6.45) is 0. The first kappa shape index (κ1) is 26.4. The van der Waals surface area contributed by atoms with Crippen molar-refractivity contribution in [3.05, 3.63) is 23.8 Å². The molecule has 0 saturated heterocycles. The third-order valence-corrected chi connectivity index (χ3v) is 3.32. The number of aromatic carboxylic acids is 1. The van der Waals surface area contributed by atoms with Crippen molar-refractivity contribution in [2.75, 3.05) is 0 Å². The SMILES string of the molecule is O=C([O-])c1cc(S(=O)(=O)[O-])cc(S(=O)(=O)[O-])c1.[Na+].[Na+].[Na+]. The van der Waals surface area contributed by atoms with Crippen LogP contribution in [0.25, 0.3) is 0 Å². The van der Waals surface area contributed by atoms with E-state index in [2.05, 4.69) is 0 Å². The van der Waals surface area contributed by atoms with E-state index in [1.807, 2.05) is 0 Å². The van der Waals surface area contributed by atoms with Crippen LogP contribution in [0, 0.1) is 0 Å². The molecule has 0 aliphatic heterocycles. The van der Waals surface area contributed by atoms with Crippen molar-refractivity contribution < 1.29 is 125 Å². The van der Waals surface area contributed by atoms with Gasteiger partial charge in [-0.3, -0.25) is 0 Å². The number of hydrogen-bond donors (Lipinski definition) is 0. The van der Waals surface area contributed by atoms with Gasteiger partial charge in [0, 0.05) is 0 Å². The van der Waals surface area contributed by atoms with E-state index in [1.54, 1.807) is 0 Å². The molecule has 13 heteroatoms. The molecule has 20 heavy (non-hydrogen) atoms. The van der Waals surface area contributed by atoms with E-state index in [0.29, 0.717) is 12.1 Å². The normalized spacial score (nSPS) is 10.5. The second-order valence-electron chi connectivity index (χ2n) is 2.89. The average molecular weight is 348 g/mol. The first-order valence-corrected chi connectivity index (χ1v) is 6.62. The summed E-state index contributed by atoms with van der Waals surface area (Å²) in [5.41, 5.74) is -0.892. The molecule has 0 bridgehead atoms. The van der Waals surface area contributed by atoms with Gasteiger partial charge in [-0.15, -0.1) is 0 Å². The van der Waals surface area contributed by atoms with Crippen LogP contribution < -0.4 is 93.8 Å². The number of carboxylic acid groups (broad SMARTS) is 1. The van der Waals surface area contributed by atoms with Gasteiger partial charge in [-0.05, 0) is 23.8 Å². The van der Waals surface area contributed by atoms with Crippen LogP contribution in [0.15, 0.2) is 28.0 Å². The van der Waals surface area contributed by atoms with Crippen LogP contribution in [0.1, 0.15) is 10.4 Å². The third-order valence-electron chi connectivity index (χ3n) is 1.69. The molecular formula is C7H3Na3O8S2. The average Bonchev–Trinajstić information content (AvgIpc) is 2.14. The van der Waals surface area contributed by atoms with Gasteiger partial charge in [-0.1, -0.05) is 0 Å². The molecule has 1 aromatic rings. The first-order valence-electron chi connectivity index (χ1n) is 3.80. The predicted molar refractivity (Wildman–Crippen MR) is 46.7 cm³/mol. The summed E-state index contributed by atoms with van der Waals surface area (Å²) in [7, 11) is -10.2. The molecule has 0 aromatic heterocycles. The number of carboxylic acids is 1. The van der Waals surface area contributed by atoms with E-state index >= 15 is 0 Å². The summed E-state index contributed by atoms with van der Waals surface area (Å²) in [5.74, 6) is -1.92. The maximum Gasteiger partial charge on any atom is 1.00 e. The zero-order valence-corrected chi connectivity index (χ0v) is 18.4. The molecule has 0 atom stereocenters. The Bertz CT molecular complexity index is 632. The standard InChI is InChI=1S/C7H6O8S2.3Na/c8-7(9)4-1-5(16(10,11)12)3-6(2-4)17(13,14)15;;;/h1-3H,(H,8,9)(H,10,11,12)(H,13,14,15);;;/q;3*+1/p-3. The Balaban J connectivity index is -0.000000963. The van der Waals surface area contributed by atoms with E-state index in [0.717, 1.165) is 0 Å². The minimum Gasteiger partial charge on any atom is -0.744 e. The van der Waals surface area contributed by atoms with Gasteiger partial charge in [0.2, 0.25) is 0 Å². The number of carbonyl (C=O) groups is 1. The number of carbonyl (C=O) groups excluding carboxylic acids is 1. The number of rotatable bonds is 3. The zero-order chi connectivity index (χ0) is 13.4. The molecule has 0 unspecified atom stereocenters. The van der Waals surface area contributed by atoms with Crippen LogP contribution in [-0.2, 0) is 20.2 Å². The van der Waals surface area contributed by atoms with Crippen molar-refractivity contribution >= 4 is 26.2 Å². The van der Waals surface area contributed by atoms with Crippen LogP contribution in [0.4, 0.5) is 0 Å². The summed E-state index contributed by atoms with van der Waals surface area (Å²) in [6.45, 7) is 0. The van der Waals surface area contributed by atoms with Crippen molar-refractivity contribution in [2.45, 2.75) is 9.79 Å². The van der Waals surface area contributed by atoms with Gasteiger partial charge >= 0.3 is 88.7 Å². The largest absolute Gasteiger partial charge is 1.00 e. The van der Waals surface area contributed by atoms with Gasteiger partial charge in [-0.2, -0.15) is 0 Å². The van der Waals surface area contributed by atoms with Gasteiger partial charge < -0.3 is 19.0 Å². The minimum absolute atomic E-state index is 0. The Morgan fingerprint density at radius 2 is 1.10 bits per heavy atom. The van der Waals surface area contributed by atoms with Crippen molar-refractivity contribution in [3.63, 3.8) is 0 Å². The quantitative estimate of drug-likeness (QED) is 0.385. The zero-order valence-electron chi connectivity index (χ0n) is 10.8. The molecule has 0 radical (unpaired) electrons. The molecule has 94 valence electrons. The van der Waals surface area contributed by atoms with Crippen molar-refractivity contribution in [1.82, 2.24) is 0 Å². The predicted octanol–water partition coefficient (Wildman–Crippen LogP) is -11.1. The fourth-order valence-corrected chi connectivity index (χ4v) is 2.14. The summed E-state index contributed by atoms with van der Waals surface area (Å²) in [5, 5.41) is 10.5. The Morgan fingerprint density at radius 3 is 1.30 bits per heavy atom. The topological polar surface area (TPSA) is 155 Å². The molecule has 0 heterocycles. The molecule has 0 N–H and O–H groups in total. The second kappa shape index (κ2) is 9.60. The van der Waals surface area contributed by atoms with Crippen molar-refractivity contribution in [3.8, 4) is 0 Å². The molecule has 0 saturated carbocycles. The van der Waals surface area contributed by atoms with Gasteiger partial charge in [0.25, 0.3) is 0 Å². The van der Waals surface area contributed by atoms with E-state index < -0.39 is 41.6 Å². The van der Waals surface area contributed by atoms with Gasteiger partial charge in [0.15, 0.2) is 0 Å².